The summed E-state index contributed by atoms with van der Waals surface area (Å²) in [6, 6.07) is 1.93. The molecule has 0 amide bonds. The summed E-state index contributed by atoms with van der Waals surface area (Å²) < 4.78 is 5.44. The molecule has 2 aromatic heterocycles. The zero-order valence-corrected chi connectivity index (χ0v) is 9.99. The third-order valence-electron chi connectivity index (χ3n) is 3.56. The lowest BCUT2D eigenvalue weighted by atomic mass is 9.90. The number of methoxy groups -OCH3 is 1. The van der Waals surface area contributed by atoms with Gasteiger partial charge in [0, 0.05) is 12.4 Å². The van der Waals surface area contributed by atoms with E-state index < -0.39 is 0 Å². The number of nitrogens with one attached hydrogen (secondary N) is 2. The number of pyridine rings is 1. The van der Waals surface area contributed by atoms with Crippen molar-refractivity contribution in [3.8, 4) is 5.75 Å². The molecule has 0 spiro atoms. The Balaban J connectivity index is 2.09. The average molecular weight is 231 g/mol. The first-order valence-electron chi connectivity index (χ1n) is 6.11. The van der Waals surface area contributed by atoms with E-state index in [1.807, 2.05) is 6.07 Å². The van der Waals surface area contributed by atoms with Crippen LogP contribution in [0.15, 0.2) is 18.5 Å². The maximum absolute atomic E-state index is 5.44. The summed E-state index contributed by atoms with van der Waals surface area (Å²) in [6.07, 6.45) is 6.25. The number of H-pyrrole nitrogens is 1. The van der Waals surface area contributed by atoms with Crippen molar-refractivity contribution in [3.63, 3.8) is 0 Å². The number of fused-ring (bicyclic) bond motifs is 1. The summed E-state index contributed by atoms with van der Waals surface area (Å²) in [5.74, 6) is 1.54. The highest BCUT2D eigenvalue weighted by molar-refractivity contribution is 5.86. The smallest absolute Gasteiger partial charge is 0.141 e. The van der Waals surface area contributed by atoms with Gasteiger partial charge in [-0.05, 0) is 43.5 Å². The van der Waals surface area contributed by atoms with E-state index >= 15 is 0 Å². The van der Waals surface area contributed by atoms with Gasteiger partial charge >= 0.3 is 0 Å². The van der Waals surface area contributed by atoms with Crippen LogP contribution < -0.4 is 10.1 Å². The molecule has 1 fully saturated rings. The zero-order valence-electron chi connectivity index (χ0n) is 9.99. The van der Waals surface area contributed by atoms with Crippen molar-refractivity contribution in [3.05, 3.63) is 24.0 Å². The van der Waals surface area contributed by atoms with Crippen molar-refractivity contribution in [1.29, 1.82) is 0 Å². The van der Waals surface area contributed by atoms with Gasteiger partial charge in [0.25, 0.3) is 0 Å². The summed E-state index contributed by atoms with van der Waals surface area (Å²) in [4.78, 5) is 7.60. The Morgan fingerprint density at radius 3 is 2.94 bits per heavy atom. The van der Waals surface area contributed by atoms with Crippen molar-refractivity contribution >= 4 is 11.0 Å². The Morgan fingerprint density at radius 1 is 1.35 bits per heavy atom. The largest absolute Gasteiger partial charge is 0.496 e. The van der Waals surface area contributed by atoms with Gasteiger partial charge in [0.2, 0.25) is 0 Å². The minimum Gasteiger partial charge on any atom is -0.496 e. The fourth-order valence-corrected chi connectivity index (χ4v) is 2.68. The molecule has 3 rings (SSSR count). The van der Waals surface area contributed by atoms with Crippen molar-refractivity contribution < 1.29 is 4.74 Å². The molecular weight excluding hydrogens is 214 g/mol. The second kappa shape index (κ2) is 4.37. The van der Waals surface area contributed by atoms with Gasteiger partial charge in [-0.3, -0.25) is 0 Å². The van der Waals surface area contributed by atoms with E-state index in [4.69, 9.17) is 4.74 Å². The van der Waals surface area contributed by atoms with Gasteiger partial charge in [0.05, 0.1) is 12.5 Å². The van der Waals surface area contributed by atoms with Gasteiger partial charge in [-0.25, -0.2) is 4.98 Å². The molecule has 0 aliphatic carbocycles. The van der Waals surface area contributed by atoms with Crippen LogP contribution >= 0.6 is 0 Å². The van der Waals surface area contributed by atoms with Crippen molar-refractivity contribution in [2.75, 3.05) is 20.2 Å². The van der Waals surface area contributed by atoms with Crippen molar-refractivity contribution in [1.82, 2.24) is 15.3 Å². The van der Waals surface area contributed by atoms with Gasteiger partial charge in [-0.1, -0.05) is 0 Å². The fraction of sp³-hybridized carbons (Fsp3) is 0.462. The third-order valence-corrected chi connectivity index (χ3v) is 3.56. The van der Waals surface area contributed by atoms with Gasteiger partial charge in [-0.2, -0.15) is 0 Å². The van der Waals surface area contributed by atoms with E-state index in [1.54, 1.807) is 13.3 Å². The standard InChI is InChI=1S/C13H17N3O/c1-17-11-4-7-15-13-12(11)10(8-16-13)9-2-5-14-6-3-9/h4,7-9,14H,2-3,5-6H2,1H3,(H,15,16). The first-order valence-corrected chi connectivity index (χ1v) is 6.11. The topological polar surface area (TPSA) is 49.9 Å². The molecule has 1 aliphatic heterocycles. The van der Waals surface area contributed by atoms with Crippen molar-refractivity contribution in [2.24, 2.45) is 0 Å². The van der Waals surface area contributed by atoms with E-state index in [2.05, 4.69) is 21.5 Å². The van der Waals surface area contributed by atoms with E-state index in [9.17, 15) is 0 Å². The number of aromatic amines is 1. The number of rotatable bonds is 2. The minimum atomic E-state index is 0.614. The lowest BCUT2D eigenvalue weighted by Gasteiger charge is -2.22. The molecular formula is C13H17N3O. The predicted molar refractivity (Wildman–Crippen MR) is 67.5 cm³/mol. The summed E-state index contributed by atoms with van der Waals surface area (Å²) in [5, 5.41) is 4.55. The lowest BCUT2D eigenvalue weighted by molar-refractivity contribution is 0.417. The second-order valence-corrected chi connectivity index (χ2v) is 4.51. The van der Waals surface area contributed by atoms with Crippen molar-refractivity contribution in [2.45, 2.75) is 18.8 Å². The number of hydrogen-bond acceptors (Lipinski definition) is 3. The van der Waals surface area contributed by atoms with E-state index in [0.717, 1.165) is 29.9 Å². The van der Waals surface area contributed by atoms with Gasteiger partial charge in [-0.15, -0.1) is 0 Å². The summed E-state index contributed by atoms with van der Waals surface area (Å²) in [7, 11) is 1.72. The average Bonchev–Trinajstić information content (AvgIpc) is 2.83. The predicted octanol–water partition coefficient (Wildman–Crippen LogP) is 2.04. The molecule has 2 N–H and O–H groups in total. The summed E-state index contributed by atoms with van der Waals surface area (Å²) in [6.45, 7) is 2.19. The maximum Gasteiger partial charge on any atom is 0.141 e. The summed E-state index contributed by atoms with van der Waals surface area (Å²) >= 11 is 0. The molecule has 2 aromatic rings. The van der Waals surface area contributed by atoms with E-state index in [1.165, 1.54) is 18.4 Å². The Morgan fingerprint density at radius 2 is 2.18 bits per heavy atom. The van der Waals surface area contributed by atoms with Crippen LogP contribution in [0.1, 0.15) is 24.3 Å². The Kier molecular flexibility index (Phi) is 2.73. The quantitative estimate of drug-likeness (QED) is 0.831. The first kappa shape index (κ1) is 10.6. The molecule has 1 saturated heterocycles. The molecule has 3 heterocycles. The number of nitrogens with zero attached hydrogens (tertiary/aromatic N) is 1. The first-order chi connectivity index (χ1) is 8.40. The Hall–Kier alpha value is -1.55. The lowest BCUT2D eigenvalue weighted by Crippen LogP contribution is -2.26. The van der Waals surface area contributed by atoms with Crippen LogP contribution in [0, 0.1) is 0 Å². The van der Waals surface area contributed by atoms with Crippen LogP contribution in [0.25, 0.3) is 11.0 Å². The van der Waals surface area contributed by atoms with Crippen LogP contribution in [-0.2, 0) is 0 Å². The van der Waals surface area contributed by atoms with E-state index in [0.29, 0.717) is 5.92 Å². The molecule has 4 nitrogen and oxygen atoms in total. The molecule has 90 valence electrons. The van der Waals surface area contributed by atoms with Crippen LogP contribution in [0.3, 0.4) is 0 Å². The molecule has 0 saturated carbocycles. The molecule has 0 aromatic carbocycles. The van der Waals surface area contributed by atoms with Crippen LogP contribution in [0.5, 0.6) is 5.75 Å². The SMILES string of the molecule is COc1ccnc2[nH]cc(C3CCNCC3)c12. The number of aromatic nitrogens is 2. The minimum absolute atomic E-state index is 0.614. The van der Waals surface area contributed by atoms with Gasteiger partial charge in [0.1, 0.15) is 11.4 Å². The fourth-order valence-electron chi connectivity index (χ4n) is 2.68. The number of piperidine rings is 1. The van der Waals surface area contributed by atoms with Gasteiger partial charge in [0.15, 0.2) is 0 Å². The van der Waals surface area contributed by atoms with Gasteiger partial charge < -0.3 is 15.0 Å². The second-order valence-electron chi connectivity index (χ2n) is 4.51. The molecule has 4 heteroatoms. The highest BCUT2D eigenvalue weighted by Crippen LogP contribution is 2.35. The molecule has 0 bridgehead atoms. The zero-order chi connectivity index (χ0) is 11.7. The maximum atomic E-state index is 5.44. The highest BCUT2D eigenvalue weighted by atomic mass is 16.5. The molecule has 17 heavy (non-hydrogen) atoms. The van der Waals surface area contributed by atoms with Crippen LogP contribution in [-0.4, -0.2) is 30.2 Å². The summed E-state index contributed by atoms with van der Waals surface area (Å²) in [5.41, 5.74) is 2.28. The molecule has 0 unspecified atom stereocenters. The number of ether oxygens (including phenoxy) is 1. The monoisotopic (exact) mass is 231 g/mol. The molecule has 1 aliphatic rings. The van der Waals surface area contributed by atoms with E-state index in [-0.39, 0.29) is 0 Å². The Bertz CT molecular complexity index is 514. The van der Waals surface area contributed by atoms with Crippen LogP contribution in [0.2, 0.25) is 0 Å². The highest BCUT2D eigenvalue weighted by Gasteiger charge is 2.20. The normalized spacial score (nSPS) is 17.5. The molecule has 0 atom stereocenters. The Labute approximate surface area is 100 Å². The third kappa shape index (κ3) is 1.78. The van der Waals surface area contributed by atoms with Crippen LogP contribution in [0.4, 0.5) is 0 Å². The molecule has 0 radical (unpaired) electrons. The number of hydrogen-bond donors (Lipinski definition) is 2.